The summed E-state index contributed by atoms with van der Waals surface area (Å²) >= 11 is 5.70. The van der Waals surface area contributed by atoms with E-state index in [-0.39, 0.29) is 5.82 Å². The summed E-state index contributed by atoms with van der Waals surface area (Å²) < 4.78 is 14.1. The van der Waals surface area contributed by atoms with Crippen molar-refractivity contribution in [1.29, 1.82) is 0 Å². The number of halogens is 1. The number of nitrogens with zero attached hydrogens (tertiary/aromatic N) is 1. The minimum Gasteiger partial charge on any atom is -0.342 e. The Bertz CT molecular complexity index is 768. The fourth-order valence-electron chi connectivity index (χ4n) is 3.31. The van der Waals surface area contributed by atoms with Crippen LogP contribution < -0.4 is 5.32 Å². The van der Waals surface area contributed by atoms with Crippen molar-refractivity contribution in [3.05, 3.63) is 65.0 Å². The van der Waals surface area contributed by atoms with Crippen molar-refractivity contribution in [2.45, 2.75) is 52.1 Å². The highest BCUT2D eigenvalue weighted by atomic mass is 32.1. The minimum absolute atomic E-state index is 0.172. The zero-order valence-electron chi connectivity index (χ0n) is 15.1. The highest BCUT2D eigenvalue weighted by Crippen LogP contribution is 2.32. The minimum atomic E-state index is -0.172. The van der Waals surface area contributed by atoms with Crippen molar-refractivity contribution in [3.8, 4) is 0 Å². The van der Waals surface area contributed by atoms with Crippen molar-refractivity contribution in [3.63, 3.8) is 0 Å². The van der Waals surface area contributed by atoms with Crippen LogP contribution >= 0.6 is 12.2 Å². The first-order chi connectivity index (χ1) is 12.0. The molecule has 0 spiro atoms. The van der Waals surface area contributed by atoms with Gasteiger partial charge in [0.1, 0.15) is 5.82 Å². The lowest BCUT2D eigenvalue weighted by Crippen LogP contribution is -2.36. The van der Waals surface area contributed by atoms with E-state index in [2.05, 4.69) is 43.1 Å². The molecule has 0 heterocycles. The SMILES string of the molecule is Cc1cccc(NC(=S)N(Cc2ccccc2F)C2CC2)c1C(C)C. The van der Waals surface area contributed by atoms with Gasteiger partial charge in [-0.15, -0.1) is 0 Å². The third-order valence-electron chi connectivity index (χ3n) is 4.69. The number of thiocarbonyl (C=S) groups is 1. The molecule has 0 amide bonds. The van der Waals surface area contributed by atoms with Crippen molar-refractivity contribution >= 4 is 23.0 Å². The second-order valence-electron chi connectivity index (χ2n) is 7.07. The first-order valence-corrected chi connectivity index (χ1v) is 9.28. The lowest BCUT2D eigenvalue weighted by molar-refractivity contribution is 0.399. The number of hydrogen-bond donors (Lipinski definition) is 1. The number of benzene rings is 2. The predicted molar refractivity (Wildman–Crippen MR) is 106 cm³/mol. The van der Waals surface area contributed by atoms with Gasteiger partial charge in [-0.25, -0.2) is 4.39 Å². The van der Waals surface area contributed by atoms with Crippen molar-refractivity contribution in [2.24, 2.45) is 0 Å². The van der Waals surface area contributed by atoms with Gasteiger partial charge in [-0.3, -0.25) is 0 Å². The fourth-order valence-corrected chi connectivity index (χ4v) is 3.63. The van der Waals surface area contributed by atoms with Crippen LogP contribution in [0.2, 0.25) is 0 Å². The Morgan fingerprint density at radius 1 is 1.20 bits per heavy atom. The van der Waals surface area contributed by atoms with E-state index in [9.17, 15) is 4.39 Å². The Kier molecular flexibility index (Phi) is 5.38. The average Bonchev–Trinajstić information content (AvgIpc) is 3.38. The molecule has 1 aliphatic carbocycles. The summed E-state index contributed by atoms with van der Waals surface area (Å²) in [4.78, 5) is 2.13. The van der Waals surface area contributed by atoms with Crippen molar-refractivity contribution in [2.75, 3.05) is 5.32 Å². The van der Waals surface area contributed by atoms with Crippen LogP contribution in [0.5, 0.6) is 0 Å². The summed E-state index contributed by atoms with van der Waals surface area (Å²) in [5.74, 6) is 0.238. The molecule has 0 aromatic heterocycles. The number of rotatable bonds is 5. The lowest BCUT2D eigenvalue weighted by atomic mass is 9.96. The second kappa shape index (κ2) is 7.52. The molecular weight excluding hydrogens is 331 g/mol. The van der Waals surface area contributed by atoms with Crippen LogP contribution in [0.1, 0.15) is 49.3 Å². The molecule has 2 nitrogen and oxygen atoms in total. The maximum absolute atomic E-state index is 14.1. The molecule has 0 aliphatic heterocycles. The normalized spacial score (nSPS) is 13.8. The Hall–Kier alpha value is -1.94. The number of nitrogens with one attached hydrogen (secondary N) is 1. The quantitative estimate of drug-likeness (QED) is 0.700. The Labute approximate surface area is 155 Å². The molecule has 1 aliphatic rings. The number of aryl methyl sites for hydroxylation is 1. The smallest absolute Gasteiger partial charge is 0.173 e. The summed E-state index contributed by atoms with van der Waals surface area (Å²) in [6, 6.07) is 13.6. The summed E-state index contributed by atoms with van der Waals surface area (Å²) in [7, 11) is 0. The van der Waals surface area contributed by atoms with Crippen LogP contribution in [0, 0.1) is 12.7 Å². The van der Waals surface area contributed by atoms with Gasteiger partial charge in [0.15, 0.2) is 5.11 Å². The van der Waals surface area contributed by atoms with E-state index in [0.717, 1.165) is 18.5 Å². The average molecular weight is 357 g/mol. The van der Waals surface area contributed by atoms with E-state index in [1.54, 1.807) is 6.07 Å². The molecule has 1 fully saturated rings. The zero-order chi connectivity index (χ0) is 18.0. The maximum atomic E-state index is 14.1. The van der Waals surface area contributed by atoms with Crippen LogP contribution in [-0.2, 0) is 6.54 Å². The first kappa shape index (κ1) is 17.9. The standard InChI is InChI=1S/C21H25FN2S/c1-14(2)20-15(3)7-6-10-19(20)23-21(25)24(17-11-12-17)13-16-8-4-5-9-18(16)22/h4-10,14,17H,11-13H2,1-3H3,(H,23,25). The highest BCUT2D eigenvalue weighted by molar-refractivity contribution is 7.80. The number of anilines is 1. The Balaban J connectivity index is 1.81. The predicted octanol–water partition coefficient (Wildman–Crippen LogP) is 5.62. The van der Waals surface area contributed by atoms with Crippen LogP contribution in [0.3, 0.4) is 0 Å². The van der Waals surface area contributed by atoms with E-state index < -0.39 is 0 Å². The van der Waals surface area contributed by atoms with E-state index in [1.165, 1.54) is 17.2 Å². The van der Waals surface area contributed by atoms with Gasteiger partial charge in [-0.2, -0.15) is 0 Å². The third-order valence-corrected chi connectivity index (χ3v) is 5.03. The molecule has 1 saturated carbocycles. The molecule has 0 atom stereocenters. The van der Waals surface area contributed by atoms with Gasteiger partial charge in [-0.1, -0.05) is 44.2 Å². The Morgan fingerprint density at radius 3 is 2.56 bits per heavy atom. The molecule has 132 valence electrons. The molecular formula is C21H25FN2S. The molecule has 25 heavy (non-hydrogen) atoms. The summed E-state index contributed by atoms with van der Waals surface area (Å²) in [5, 5.41) is 4.11. The summed E-state index contributed by atoms with van der Waals surface area (Å²) in [6.07, 6.45) is 2.22. The molecule has 1 N–H and O–H groups in total. The highest BCUT2D eigenvalue weighted by Gasteiger charge is 2.31. The van der Waals surface area contributed by atoms with E-state index in [0.29, 0.717) is 29.2 Å². The molecule has 2 aromatic carbocycles. The Morgan fingerprint density at radius 2 is 1.92 bits per heavy atom. The van der Waals surface area contributed by atoms with Gasteiger partial charge in [0.05, 0.1) is 0 Å². The first-order valence-electron chi connectivity index (χ1n) is 8.88. The summed E-state index contributed by atoms with van der Waals surface area (Å²) in [5.41, 5.74) is 4.28. The van der Waals surface area contributed by atoms with Gasteiger partial charge in [0.2, 0.25) is 0 Å². The van der Waals surface area contributed by atoms with Crippen molar-refractivity contribution in [1.82, 2.24) is 4.90 Å². The molecule has 2 aromatic rings. The zero-order valence-corrected chi connectivity index (χ0v) is 15.9. The molecule has 0 unspecified atom stereocenters. The van der Waals surface area contributed by atoms with Gasteiger partial charge < -0.3 is 10.2 Å². The van der Waals surface area contributed by atoms with E-state index >= 15 is 0 Å². The topological polar surface area (TPSA) is 15.3 Å². The van der Waals surface area contributed by atoms with Gasteiger partial charge in [-0.05, 0) is 61.2 Å². The van der Waals surface area contributed by atoms with E-state index in [1.807, 2.05) is 18.2 Å². The molecule has 0 saturated heterocycles. The largest absolute Gasteiger partial charge is 0.342 e. The lowest BCUT2D eigenvalue weighted by Gasteiger charge is -2.27. The van der Waals surface area contributed by atoms with Gasteiger partial charge in [0.25, 0.3) is 0 Å². The van der Waals surface area contributed by atoms with Crippen LogP contribution in [-0.4, -0.2) is 16.1 Å². The van der Waals surface area contributed by atoms with Crippen LogP contribution in [0.25, 0.3) is 0 Å². The maximum Gasteiger partial charge on any atom is 0.173 e. The number of hydrogen-bond acceptors (Lipinski definition) is 1. The molecule has 3 rings (SSSR count). The fraction of sp³-hybridized carbons (Fsp3) is 0.381. The second-order valence-corrected chi connectivity index (χ2v) is 7.46. The molecule has 4 heteroatoms. The van der Waals surface area contributed by atoms with Crippen LogP contribution in [0.4, 0.5) is 10.1 Å². The summed E-state index contributed by atoms with van der Waals surface area (Å²) in [6.45, 7) is 7.01. The molecule has 0 radical (unpaired) electrons. The van der Waals surface area contributed by atoms with E-state index in [4.69, 9.17) is 12.2 Å². The third kappa shape index (κ3) is 4.18. The van der Waals surface area contributed by atoms with Crippen molar-refractivity contribution < 1.29 is 4.39 Å². The molecule has 0 bridgehead atoms. The van der Waals surface area contributed by atoms with Gasteiger partial charge in [0, 0.05) is 23.8 Å². The monoisotopic (exact) mass is 356 g/mol. The van der Waals surface area contributed by atoms with Crippen LogP contribution in [0.15, 0.2) is 42.5 Å². The van der Waals surface area contributed by atoms with Gasteiger partial charge >= 0.3 is 0 Å².